The van der Waals surface area contributed by atoms with Gasteiger partial charge < -0.3 is 33.8 Å². The van der Waals surface area contributed by atoms with Gasteiger partial charge in [0.15, 0.2) is 12.2 Å². The van der Waals surface area contributed by atoms with Crippen LogP contribution in [0.25, 0.3) is 0 Å². The highest BCUT2D eigenvalue weighted by molar-refractivity contribution is 7.47. The SMILES string of the molecule is CC/C=C\C/C=C\C/C=C\C/C=C\C/C=C\CCCC(=O)OCC(COP(=O)(O)OCC(O)COP(=O)(O)OCC(COC(=O)CCCCCCC/C=C\C/C=C\C/C=C\CC)OC(=O)CCCCCCC/C=C\C/C=C\C/C=C\CC)OC(=O)CCCC/C=C\C/C=C\C/C=C\C/C=C\CC. The number of aliphatic hydroxyl groups excluding tert-OH is 1. The summed E-state index contributed by atoms with van der Waals surface area (Å²) in [6.45, 7) is 4.23. The largest absolute Gasteiger partial charge is 0.472 e. The summed E-state index contributed by atoms with van der Waals surface area (Å²) in [4.78, 5) is 72.9. The molecule has 102 heavy (non-hydrogen) atoms. The smallest absolute Gasteiger partial charge is 0.462 e. The molecule has 0 fully saturated rings. The average Bonchev–Trinajstić information content (AvgIpc) is 0.923. The van der Waals surface area contributed by atoms with Crippen LogP contribution in [-0.2, 0) is 65.4 Å². The highest BCUT2D eigenvalue weighted by Gasteiger charge is 2.30. The van der Waals surface area contributed by atoms with Crippen LogP contribution in [0.15, 0.2) is 182 Å². The number of allylic oxidation sites excluding steroid dienone is 30. The molecule has 0 aromatic rings. The second kappa shape index (κ2) is 73.5. The molecule has 17 nitrogen and oxygen atoms in total. The van der Waals surface area contributed by atoms with Crippen LogP contribution < -0.4 is 0 Å². The molecule has 5 atom stereocenters. The molecule has 5 unspecified atom stereocenters. The maximum Gasteiger partial charge on any atom is 0.472 e. The number of rotatable bonds is 69. The second-order valence-electron chi connectivity index (χ2n) is 24.4. The van der Waals surface area contributed by atoms with E-state index in [-0.39, 0.29) is 25.7 Å². The number of hydrogen-bond acceptors (Lipinski definition) is 15. The van der Waals surface area contributed by atoms with Crippen LogP contribution in [-0.4, -0.2) is 96.7 Å². The molecule has 0 aliphatic rings. The van der Waals surface area contributed by atoms with Gasteiger partial charge in [-0.25, -0.2) is 9.13 Å². The summed E-state index contributed by atoms with van der Waals surface area (Å²) < 4.78 is 68.4. The van der Waals surface area contributed by atoms with Gasteiger partial charge in [-0.1, -0.05) is 249 Å². The fourth-order valence-corrected chi connectivity index (χ4v) is 10.8. The number of phosphoric ester groups is 2. The van der Waals surface area contributed by atoms with E-state index in [1.807, 2.05) is 18.2 Å². The van der Waals surface area contributed by atoms with E-state index in [0.29, 0.717) is 38.5 Å². The number of carbonyl (C=O) groups is 4. The fraction of sp³-hybridized carbons (Fsp3) is 0.590. The third-order valence-electron chi connectivity index (χ3n) is 14.9. The second-order valence-corrected chi connectivity index (χ2v) is 27.3. The molecular weight excluding hydrogens is 1330 g/mol. The molecule has 0 radical (unpaired) electrons. The summed E-state index contributed by atoms with van der Waals surface area (Å²) in [5, 5.41) is 10.6. The molecule has 0 aromatic carbocycles. The molecule has 0 aromatic heterocycles. The van der Waals surface area contributed by atoms with Crippen LogP contribution in [0, 0.1) is 0 Å². The molecule has 0 aliphatic carbocycles. The predicted octanol–water partition coefficient (Wildman–Crippen LogP) is 22.0. The number of carbonyl (C=O) groups excluding carboxylic acids is 4. The van der Waals surface area contributed by atoms with Crippen LogP contribution >= 0.6 is 15.6 Å². The normalized spacial score (nSPS) is 14.9. The predicted molar refractivity (Wildman–Crippen MR) is 417 cm³/mol. The van der Waals surface area contributed by atoms with Gasteiger partial charge in [0.25, 0.3) is 0 Å². The van der Waals surface area contributed by atoms with Crippen molar-refractivity contribution in [3.8, 4) is 0 Å². The van der Waals surface area contributed by atoms with Crippen molar-refractivity contribution in [2.75, 3.05) is 39.6 Å². The van der Waals surface area contributed by atoms with Crippen molar-refractivity contribution in [1.29, 1.82) is 0 Å². The minimum absolute atomic E-state index is 0.0225. The Bertz CT molecular complexity index is 2650. The molecular formula is C83H132O17P2. The van der Waals surface area contributed by atoms with Gasteiger partial charge in [-0.15, -0.1) is 0 Å². The van der Waals surface area contributed by atoms with Gasteiger partial charge in [-0.3, -0.25) is 37.3 Å². The third-order valence-corrected chi connectivity index (χ3v) is 16.8. The molecule has 3 N–H and O–H groups in total. The lowest BCUT2D eigenvalue weighted by atomic mass is 10.1. The van der Waals surface area contributed by atoms with E-state index in [2.05, 4.69) is 192 Å². The zero-order chi connectivity index (χ0) is 74.6. The Morgan fingerprint density at radius 2 is 0.490 bits per heavy atom. The number of hydrogen-bond donors (Lipinski definition) is 3. The van der Waals surface area contributed by atoms with Gasteiger partial charge in [-0.2, -0.15) is 0 Å². The summed E-state index contributed by atoms with van der Waals surface area (Å²) in [6.07, 6.45) is 87.5. The number of esters is 4. The third kappa shape index (κ3) is 72.5. The number of unbranched alkanes of at least 4 members (excludes halogenated alkanes) is 13. The molecule has 576 valence electrons. The molecule has 0 heterocycles. The summed E-state index contributed by atoms with van der Waals surface area (Å²) in [7, 11) is -10.0. The highest BCUT2D eigenvalue weighted by atomic mass is 31.2. The maximum absolute atomic E-state index is 13.1. The van der Waals surface area contributed by atoms with Gasteiger partial charge >= 0.3 is 39.5 Å². The molecule has 0 amide bonds. The lowest BCUT2D eigenvalue weighted by molar-refractivity contribution is -0.161. The van der Waals surface area contributed by atoms with Gasteiger partial charge in [-0.05, 0) is 167 Å². The molecule has 0 spiro atoms. The first-order valence-electron chi connectivity index (χ1n) is 38.0. The van der Waals surface area contributed by atoms with Crippen LogP contribution in [0.3, 0.4) is 0 Å². The van der Waals surface area contributed by atoms with Crippen LogP contribution in [0.5, 0.6) is 0 Å². The lowest BCUT2D eigenvalue weighted by Crippen LogP contribution is -2.30. The van der Waals surface area contributed by atoms with Gasteiger partial charge in [0, 0.05) is 25.7 Å². The molecule has 19 heteroatoms. The first-order valence-corrected chi connectivity index (χ1v) is 41.0. The Kier molecular flexibility index (Phi) is 69.3. The molecule has 0 bridgehead atoms. The Morgan fingerprint density at radius 1 is 0.275 bits per heavy atom. The van der Waals surface area contributed by atoms with Crippen molar-refractivity contribution in [2.24, 2.45) is 0 Å². The van der Waals surface area contributed by atoms with E-state index in [4.69, 9.17) is 37.0 Å². The Morgan fingerprint density at radius 3 is 0.794 bits per heavy atom. The Hall–Kier alpha value is -5.84. The van der Waals surface area contributed by atoms with Crippen molar-refractivity contribution in [1.82, 2.24) is 0 Å². The first-order chi connectivity index (χ1) is 49.7. The van der Waals surface area contributed by atoms with Crippen molar-refractivity contribution in [3.05, 3.63) is 182 Å². The zero-order valence-corrected chi connectivity index (χ0v) is 64.5. The monoisotopic (exact) mass is 1460 g/mol. The maximum atomic E-state index is 13.1. The summed E-state index contributed by atoms with van der Waals surface area (Å²) in [5.74, 6) is -2.35. The Labute approximate surface area is 615 Å². The summed E-state index contributed by atoms with van der Waals surface area (Å²) in [6, 6.07) is 0. The van der Waals surface area contributed by atoms with Crippen molar-refractivity contribution >= 4 is 39.5 Å². The quantitative estimate of drug-likeness (QED) is 0.0169. The van der Waals surface area contributed by atoms with Gasteiger partial charge in [0.05, 0.1) is 26.4 Å². The number of aliphatic hydroxyl groups is 1. The molecule has 0 rings (SSSR count). The van der Waals surface area contributed by atoms with Crippen LogP contribution in [0.1, 0.15) is 259 Å². The summed E-state index contributed by atoms with van der Waals surface area (Å²) >= 11 is 0. The van der Waals surface area contributed by atoms with E-state index in [9.17, 15) is 43.2 Å². The van der Waals surface area contributed by atoms with Crippen molar-refractivity contribution in [3.63, 3.8) is 0 Å². The Balaban J connectivity index is 5.50. The first kappa shape index (κ1) is 96.2. The van der Waals surface area contributed by atoms with E-state index >= 15 is 0 Å². The van der Waals surface area contributed by atoms with Gasteiger partial charge in [0.1, 0.15) is 19.3 Å². The van der Waals surface area contributed by atoms with Crippen molar-refractivity contribution < 1.29 is 80.2 Å². The van der Waals surface area contributed by atoms with Crippen molar-refractivity contribution in [2.45, 2.75) is 277 Å². The average molecular weight is 1460 g/mol. The summed E-state index contributed by atoms with van der Waals surface area (Å²) in [5.41, 5.74) is 0. The minimum atomic E-state index is -5.01. The van der Waals surface area contributed by atoms with E-state index in [1.165, 1.54) is 0 Å². The standard InChI is InChI=1S/C83H132O17P2/c1-5-9-13-17-21-25-29-33-37-38-42-44-48-52-56-60-64-68-81(86)94-74-79(100-83(88)70-66-62-58-54-50-46-41-36-32-28-24-20-16-12-8-4)76-98-102(91,92)96-72-77(84)71-95-101(89,90)97-75-78(99-82(87)69-65-61-57-53-49-45-40-35-31-27-23-19-15-11-7-3)73-93-80(85)67-63-59-55-51-47-43-39-34-30-26-22-18-14-10-6-2/h9-16,21-28,33-37,39-42,44,50,52,54,56,77-79,84H,5-8,17-20,29-32,38,43,45-49,51,53,55,57-76H2,1-4H3,(H,89,90)(H,91,92)/b13-9-,14-10-,15-11-,16-12-,25-21-,26-22-,27-23-,28-24-,37-33-,39-34-,40-35-,41-36-,44-42-,54-50-,56-52-. The minimum Gasteiger partial charge on any atom is -0.462 e. The molecule has 0 saturated carbocycles. The van der Waals surface area contributed by atoms with E-state index in [1.54, 1.807) is 0 Å². The molecule has 0 saturated heterocycles. The molecule has 0 aliphatic heterocycles. The van der Waals surface area contributed by atoms with Crippen LogP contribution in [0.2, 0.25) is 0 Å². The lowest BCUT2D eigenvalue weighted by Gasteiger charge is -2.21. The number of ether oxygens (including phenoxy) is 4. The van der Waals surface area contributed by atoms with E-state index < -0.39 is 97.5 Å². The topological polar surface area (TPSA) is 237 Å². The zero-order valence-electron chi connectivity index (χ0n) is 62.7. The van der Waals surface area contributed by atoms with E-state index in [0.717, 1.165) is 167 Å². The van der Waals surface area contributed by atoms with Gasteiger partial charge in [0.2, 0.25) is 0 Å². The highest BCUT2D eigenvalue weighted by Crippen LogP contribution is 2.45. The fourth-order valence-electron chi connectivity index (χ4n) is 9.21. The number of phosphoric acid groups is 2. The van der Waals surface area contributed by atoms with Crippen LogP contribution in [0.4, 0.5) is 0 Å².